The summed E-state index contributed by atoms with van der Waals surface area (Å²) in [6.45, 7) is 2.73. The lowest BCUT2D eigenvalue weighted by Crippen LogP contribution is -2.42. The number of methoxy groups -OCH3 is 1. The molecule has 0 bridgehead atoms. The van der Waals surface area contributed by atoms with Crippen LogP contribution in [0.1, 0.15) is 24.8 Å². The number of halogens is 1. The molecule has 0 aromatic heterocycles. The van der Waals surface area contributed by atoms with Crippen molar-refractivity contribution in [1.29, 1.82) is 0 Å². The topological polar surface area (TPSA) is 49.0 Å². The van der Waals surface area contributed by atoms with Crippen LogP contribution in [0.3, 0.4) is 0 Å². The van der Waals surface area contributed by atoms with E-state index < -0.39 is 0 Å². The third kappa shape index (κ3) is 3.89. The molecular formula is C19H24ClNO4. The summed E-state index contributed by atoms with van der Waals surface area (Å²) in [6, 6.07) is 4.43. The Morgan fingerprint density at radius 1 is 1.24 bits per heavy atom. The minimum Gasteiger partial charge on any atom is -0.492 e. The first kappa shape index (κ1) is 17.0. The molecule has 0 spiro atoms. The van der Waals surface area contributed by atoms with Crippen LogP contribution in [0.4, 0.5) is 0 Å². The third-order valence-electron chi connectivity index (χ3n) is 4.73. The summed E-state index contributed by atoms with van der Waals surface area (Å²) in [5.74, 6) is 1.90. The van der Waals surface area contributed by atoms with Crippen molar-refractivity contribution < 1.29 is 18.9 Å². The molecule has 1 saturated carbocycles. The van der Waals surface area contributed by atoms with Crippen molar-refractivity contribution in [3.8, 4) is 11.5 Å². The molecule has 0 amide bonds. The minimum atomic E-state index is 0.0324. The molecule has 3 aliphatic rings. The highest BCUT2D eigenvalue weighted by atomic mass is 35.5. The van der Waals surface area contributed by atoms with Crippen LogP contribution >= 0.6 is 11.6 Å². The second-order valence-electron chi connectivity index (χ2n) is 6.85. The first-order chi connectivity index (χ1) is 12.2. The van der Waals surface area contributed by atoms with Gasteiger partial charge in [0, 0.05) is 49.4 Å². The van der Waals surface area contributed by atoms with Crippen LogP contribution < -0.4 is 14.8 Å². The van der Waals surface area contributed by atoms with E-state index in [-0.39, 0.29) is 6.10 Å². The molecule has 1 aliphatic carbocycles. The molecular weight excluding hydrogens is 342 g/mol. The maximum absolute atomic E-state index is 6.44. The van der Waals surface area contributed by atoms with Gasteiger partial charge in [-0.1, -0.05) is 11.6 Å². The number of hydrogen-bond donors (Lipinski definition) is 1. The van der Waals surface area contributed by atoms with Gasteiger partial charge in [0.25, 0.3) is 0 Å². The lowest BCUT2D eigenvalue weighted by Gasteiger charge is -2.36. The Balaban J connectivity index is 1.55. The summed E-state index contributed by atoms with van der Waals surface area (Å²) >= 11 is 6.44. The zero-order valence-electron chi connectivity index (χ0n) is 14.4. The Hall–Kier alpha value is -1.43. The Bertz CT molecular complexity index is 655. The van der Waals surface area contributed by atoms with Crippen molar-refractivity contribution in [3.05, 3.63) is 28.8 Å². The van der Waals surface area contributed by atoms with Gasteiger partial charge in [0.15, 0.2) is 0 Å². The normalized spacial score (nSPS) is 22.5. The monoisotopic (exact) mass is 365 g/mol. The summed E-state index contributed by atoms with van der Waals surface area (Å²) in [6.07, 6.45) is 5.48. The summed E-state index contributed by atoms with van der Waals surface area (Å²) in [7, 11) is 1.69. The van der Waals surface area contributed by atoms with Crippen LogP contribution in [0.5, 0.6) is 11.5 Å². The van der Waals surface area contributed by atoms with Gasteiger partial charge < -0.3 is 24.3 Å². The summed E-state index contributed by atoms with van der Waals surface area (Å²) in [4.78, 5) is 0. The minimum absolute atomic E-state index is 0.0324. The lowest BCUT2D eigenvalue weighted by molar-refractivity contribution is -0.0707. The van der Waals surface area contributed by atoms with E-state index in [1.807, 2.05) is 12.1 Å². The standard InChI is InChI=1S/C19H24ClNO4/c1-22-5-2-6-24-19-9-18-14(7-15(19)20)16(21-13-3-4-13)8-17(25-18)12-10-23-11-12/h7-9,12-13,17,21H,2-6,10-11H2,1H3. The van der Waals surface area contributed by atoms with E-state index in [1.165, 1.54) is 12.8 Å². The molecule has 5 nitrogen and oxygen atoms in total. The largest absolute Gasteiger partial charge is 0.492 e. The predicted octanol–water partition coefficient (Wildman–Crippen LogP) is 3.26. The molecule has 1 aromatic carbocycles. The Morgan fingerprint density at radius 3 is 2.76 bits per heavy atom. The van der Waals surface area contributed by atoms with Crippen molar-refractivity contribution in [2.75, 3.05) is 33.5 Å². The SMILES string of the molecule is COCCCOc1cc2c(cc1Cl)C(NC1CC1)=CC(C1COC1)O2. The first-order valence-electron chi connectivity index (χ1n) is 8.93. The Kier molecular flexibility index (Phi) is 5.06. The second-order valence-corrected chi connectivity index (χ2v) is 7.26. The van der Waals surface area contributed by atoms with E-state index in [0.29, 0.717) is 35.9 Å². The van der Waals surface area contributed by atoms with Crippen LogP contribution in [0.2, 0.25) is 5.02 Å². The van der Waals surface area contributed by atoms with Gasteiger partial charge in [0.1, 0.15) is 17.6 Å². The maximum atomic E-state index is 6.44. The third-order valence-corrected chi connectivity index (χ3v) is 5.03. The molecule has 1 atom stereocenters. The Labute approximate surface area is 153 Å². The molecule has 2 heterocycles. The quantitative estimate of drug-likeness (QED) is 0.716. The molecule has 1 N–H and O–H groups in total. The highest BCUT2D eigenvalue weighted by Crippen LogP contribution is 2.41. The van der Waals surface area contributed by atoms with Crippen LogP contribution in [0, 0.1) is 5.92 Å². The van der Waals surface area contributed by atoms with Crippen molar-refractivity contribution in [2.24, 2.45) is 5.92 Å². The molecule has 1 unspecified atom stereocenters. The van der Waals surface area contributed by atoms with Crippen molar-refractivity contribution in [1.82, 2.24) is 5.32 Å². The maximum Gasteiger partial charge on any atom is 0.141 e. The van der Waals surface area contributed by atoms with Gasteiger partial charge in [0.05, 0.1) is 24.8 Å². The molecule has 6 heteroatoms. The number of ether oxygens (including phenoxy) is 4. The van der Waals surface area contributed by atoms with Crippen LogP contribution in [-0.4, -0.2) is 45.7 Å². The smallest absolute Gasteiger partial charge is 0.141 e. The highest BCUT2D eigenvalue weighted by Gasteiger charge is 2.34. The van der Waals surface area contributed by atoms with Gasteiger partial charge in [-0.05, 0) is 25.0 Å². The lowest BCUT2D eigenvalue weighted by atomic mass is 9.95. The van der Waals surface area contributed by atoms with Crippen molar-refractivity contribution in [2.45, 2.75) is 31.4 Å². The zero-order chi connectivity index (χ0) is 17.2. The zero-order valence-corrected chi connectivity index (χ0v) is 15.2. The van der Waals surface area contributed by atoms with Crippen LogP contribution in [0.15, 0.2) is 18.2 Å². The number of fused-ring (bicyclic) bond motifs is 1. The van der Waals surface area contributed by atoms with E-state index in [2.05, 4.69) is 11.4 Å². The molecule has 2 aliphatic heterocycles. The average molecular weight is 366 g/mol. The second kappa shape index (κ2) is 7.44. The molecule has 0 radical (unpaired) electrons. The van der Waals surface area contributed by atoms with Gasteiger partial charge in [0.2, 0.25) is 0 Å². The Morgan fingerprint density at radius 2 is 2.08 bits per heavy atom. The summed E-state index contributed by atoms with van der Waals surface area (Å²) < 4.78 is 22.4. The van der Waals surface area contributed by atoms with E-state index in [1.54, 1.807) is 7.11 Å². The number of hydrogen-bond acceptors (Lipinski definition) is 5. The molecule has 25 heavy (non-hydrogen) atoms. The van der Waals surface area contributed by atoms with E-state index in [0.717, 1.165) is 36.6 Å². The molecule has 2 fully saturated rings. The van der Waals surface area contributed by atoms with E-state index in [9.17, 15) is 0 Å². The highest BCUT2D eigenvalue weighted by molar-refractivity contribution is 6.32. The number of rotatable bonds is 8. The van der Waals surface area contributed by atoms with Gasteiger partial charge in [-0.2, -0.15) is 0 Å². The van der Waals surface area contributed by atoms with Crippen LogP contribution in [-0.2, 0) is 9.47 Å². The van der Waals surface area contributed by atoms with E-state index in [4.69, 9.17) is 30.5 Å². The average Bonchev–Trinajstić information content (AvgIpc) is 3.35. The molecule has 1 aromatic rings. The van der Waals surface area contributed by atoms with Crippen LogP contribution in [0.25, 0.3) is 5.70 Å². The predicted molar refractivity (Wildman–Crippen MR) is 96.3 cm³/mol. The molecule has 1 saturated heterocycles. The fraction of sp³-hybridized carbons (Fsp3) is 0.579. The number of nitrogens with one attached hydrogen (secondary N) is 1. The molecule has 136 valence electrons. The van der Waals surface area contributed by atoms with Crippen molar-refractivity contribution >= 4 is 17.3 Å². The van der Waals surface area contributed by atoms with Gasteiger partial charge in [-0.3, -0.25) is 0 Å². The van der Waals surface area contributed by atoms with Gasteiger partial charge in [-0.25, -0.2) is 0 Å². The summed E-state index contributed by atoms with van der Waals surface area (Å²) in [5, 5.41) is 4.22. The fourth-order valence-electron chi connectivity index (χ4n) is 3.02. The van der Waals surface area contributed by atoms with Gasteiger partial charge >= 0.3 is 0 Å². The molecule has 4 rings (SSSR count). The van der Waals surface area contributed by atoms with Gasteiger partial charge in [-0.15, -0.1) is 0 Å². The van der Waals surface area contributed by atoms with Crippen molar-refractivity contribution in [3.63, 3.8) is 0 Å². The fourth-order valence-corrected chi connectivity index (χ4v) is 3.24. The van der Waals surface area contributed by atoms with E-state index >= 15 is 0 Å². The number of benzene rings is 1. The summed E-state index contributed by atoms with van der Waals surface area (Å²) in [5.41, 5.74) is 2.13. The first-order valence-corrected chi connectivity index (χ1v) is 9.31.